The molecule has 3 nitrogen and oxygen atoms in total. The highest BCUT2D eigenvalue weighted by molar-refractivity contribution is 5.28. The largest absolute Gasteiger partial charge is 0.497 e. The quantitative estimate of drug-likeness (QED) is 0.869. The third-order valence-electron chi connectivity index (χ3n) is 3.43. The van der Waals surface area contributed by atoms with Crippen molar-refractivity contribution in [1.82, 2.24) is 5.32 Å². The number of hydrogen-bond donors (Lipinski definition) is 1. The van der Waals surface area contributed by atoms with Gasteiger partial charge in [-0.15, -0.1) is 0 Å². The van der Waals surface area contributed by atoms with E-state index in [0.29, 0.717) is 6.04 Å². The number of methoxy groups -OCH3 is 1. The number of hydrogen-bond acceptors (Lipinski definition) is 3. The van der Waals surface area contributed by atoms with Gasteiger partial charge in [0.1, 0.15) is 5.75 Å². The smallest absolute Gasteiger partial charge is 0.119 e. The molecule has 1 aliphatic rings. The zero-order chi connectivity index (χ0) is 12.6. The molecule has 0 aliphatic carbocycles. The number of ether oxygens (including phenoxy) is 2. The third-order valence-corrected chi connectivity index (χ3v) is 3.43. The fraction of sp³-hybridized carbons (Fsp3) is 0.600. The van der Waals surface area contributed by atoms with Crippen LogP contribution < -0.4 is 10.1 Å². The number of rotatable bonds is 5. The van der Waals surface area contributed by atoms with Gasteiger partial charge in [-0.25, -0.2) is 0 Å². The summed E-state index contributed by atoms with van der Waals surface area (Å²) in [5.74, 6) is 0.940. The molecule has 0 radical (unpaired) electrons. The molecule has 1 aromatic carbocycles. The van der Waals surface area contributed by atoms with E-state index in [4.69, 9.17) is 9.47 Å². The monoisotopic (exact) mass is 249 g/mol. The Morgan fingerprint density at radius 1 is 1.33 bits per heavy atom. The molecule has 1 unspecified atom stereocenters. The van der Waals surface area contributed by atoms with Crippen molar-refractivity contribution in [2.75, 3.05) is 26.9 Å². The van der Waals surface area contributed by atoms with E-state index in [1.165, 1.54) is 18.4 Å². The SMILES string of the molecule is COc1cccc(CCNC2CCCOCC2)c1. The van der Waals surface area contributed by atoms with Crippen molar-refractivity contribution in [3.63, 3.8) is 0 Å². The van der Waals surface area contributed by atoms with E-state index in [-0.39, 0.29) is 0 Å². The summed E-state index contributed by atoms with van der Waals surface area (Å²) in [4.78, 5) is 0. The summed E-state index contributed by atoms with van der Waals surface area (Å²) in [6.45, 7) is 2.85. The van der Waals surface area contributed by atoms with Gasteiger partial charge in [-0.1, -0.05) is 12.1 Å². The first-order valence-corrected chi connectivity index (χ1v) is 6.82. The second kappa shape index (κ2) is 7.39. The van der Waals surface area contributed by atoms with Crippen LogP contribution in [0, 0.1) is 0 Å². The Morgan fingerprint density at radius 2 is 2.28 bits per heavy atom. The van der Waals surface area contributed by atoms with Gasteiger partial charge < -0.3 is 14.8 Å². The molecule has 18 heavy (non-hydrogen) atoms. The van der Waals surface area contributed by atoms with E-state index >= 15 is 0 Å². The predicted molar refractivity (Wildman–Crippen MR) is 73.2 cm³/mol. The Hall–Kier alpha value is -1.06. The summed E-state index contributed by atoms with van der Waals surface area (Å²) < 4.78 is 10.7. The van der Waals surface area contributed by atoms with Crippen LogP contribution in [0.2, 0.25) is 0 Å². The van der Waals surface area contributed by atoms with Crippen molar-refractivity contribution in [2.24, 2.45) is 0 Å². The van der Waals surface area contributed by atoms with Crippen molar-refractivity contribution in [3.05, 3.63) is 29.8 Å². The molecule has 0 bridgehead atoms. The summed E-state index contributed by atoms with van der Waals surface area (Å²) in [7, 11) is 1.71. The molecular formula is C15H23NO2. The molecule has 1 atom stereocenters. The van der Waals surface area contributed by atoms with E-state index < -0.39 is 0 Å². The van der Waals surface area contributed by atoms with E-state index in [1.54, 1.807) is 7.11 Å². The zero-order valence-corrected chi connectivity index (χ0v) is 11.2. The predicted octanol–water partition coefficient (Wildman–Crippen LogP) is 2.40. The van der Waals surface area contributed by atoms with Gasteiger partial charge in [-0.05, 0) is 49.9 Å². The van der Waals surface area contributed by atoms with Crippen LogP contribution in [0.25, 0.3) is 0 Å². The molecular weight excluding hydrogens is 226 g/mol. The molecule has 0 aromatic heterocycles. The van der Waals surface area contributed by atoms with Gasteiger partial charge in [0.2, 0.25) is 0 Å². The van der Waals surface area contributed by atoms with Gasteiger partial charge in [0, 0.05) is 19.3 Å². The first kappa shape index (κ1) is 13.4. The van der Waals surface area contributed by atoms with Crippen LogP contribution in [0.4, 0.5) is 0 Å². The van der Waals surface area contributed by atoms with E-state index in [0.717, 1.165) is 38.3 Å². The molecule has 1 aliphatic heterocycles. The first-order chi connectivity index (χ1) is 8.88. The zero-order valence-electron chi connectivity index (χ0n) is 11.2. The molecule has 0 saturated carbocycles. The molecule has 1 saturated heterocycles. The van der Waals surface area contributed by atoms with Gasteiger partial charge in [-0.2, -0.15) is 0 Å². The Kier molecular flexibility index (Phi) is 5.49. The Morgan fingerprint density at radius 3 is 3.17 bits per heavy atom. The molecule has 1 heterocycles. The van der Waals surface area contributed by atoms with E-state index in [9.17, 15) is 0 Å². The second-order valence-corrected chi connectivity index (χ2v) is 4.80. The lowest BCUT2D eigenvalue weighted by Gasteiger charge is -2.15. The molecule has 100 valence electrons. The first-order valence-electron chi connectivity index (χ1n) is 6.82. The van der Waals surface area contributed by atoms with Crippen molar-refractivity contribution < 1.29 is 9.47 Å². The van der Waals surface area contributed by atoms with Crippen LogP contribution in [0.3, 0.4) is 0 Å². The molecule has 0 amide bonds. The Labute approximate surface area is 109 Å². The average Bonchev–Trinajstić information content (AvgIpc) is 2.68. The van der Waals surface area contributed by atoms with Crippen molar-refractivity contribution in [1.29, 1.82) is 0 Å². The molecule has 1 aromatic rings. The molecule has 2 rings (SSSR count). The lowest BCUT2D eigenvalue weighted by atomic mass is 10.1. The standard InChI is InChI=1S/C15H23NO2/c1-17-15-6-2-4-13(12-15)7-9-16-14-5-3-10-18-11-8-14/h2,4,6,12,14,16H,3,5,7-11H2,1H3. The highest BCUT2D eigenvalue weighted by atomic mass is 16.5. The maximum Gasteiger partial charge on any atom is 0.119 e. The molecule has 1 fully saturated rings. The van der Waals surface area contributed by atoms with Crippen LogP contribution in [0.1, 0.15) is 24.8 Å². The minimum Gasteiger partial charge on any atom is -0.497 e. The minimum atomic E-state index is 0.623. The van der Waals surface area contributed by atoms with E-state index in [1.807, 2.05) is 12.1 Å². The highest BCUT2D eigenvalue weighted by Gasteiger charge is 2.11. The molecule has 1 N–H and O–H groups in total. The summed E-state index contributed by atoms with van der Waals surface area (Å²) in [5, 5.41) is 3.63. The number of benzene rings is 1. The topological polar surface area (TPSA) is 30.5 Å². The van der Waals surface area contributed by atoms with Crippen LogP contribution in [0.15, 0.2) is 24.3 Å². The molecule has 3 heteroatoms. The van der Waals surface area contributed by atoms with Gasteiger partial charge in [0.25, 0.3) is 0 Å². The molecule has 0 spiro atoms. The van der Waals surface area contributed by atoms with Crippen LogP contribution >= 0.6 is 0 Å². The fourth-order valence-corrected chi connectivity index (χ4v) is 2.36. The number of nitrogens with one attached hydrogen (secondary N) is 1. The minimum absolute atomic E-state index is 0.623. The van der Waals surface area contributed by atoms with Crippen LogP contribution in [-0.4, -0.2) is 32.9 Å². The van der Waals surface area contributed by atoms with Crippen molar-refractivity contribution >= 4 is 0 Å². The third kappa shape index (κ3) is 4.31. The van der Waals surface area contributed by atoms with Crippen molar-refractivity contribution in [2.45, 2.75) is 31.7 Å². The van der Waals surface area contributed by atoms with E-state index in [2.05, 4.69) is 17.4 Å². The van der Waals surface area contributed by atoms with Gasteiger partial charge >= 0.3 is 0 Å². The normalized spacial score (nSPS) is 20.4. The second-order valence-electron chi connectivity index (χ2n) is 4.80. The summed E-state index contributed by atoms with van der Waals surface area (Å²) in [6, 6.07) is 8.92. The summed E-state index contributed by atoms with van der Waals surface area (Å²) >= 11 is 0. The van der Waals surface area contributed by atoms with Crippen molar-refractivity contribution in [3.8, 4) is 5.75 Å². The lowest BCUT2D eigenvalue weighted by molar-refractivity contribution is 0.142. The lowest BCUT2D eigenvalue weighted by Crippen LogP contribution is -2.31. The van der Waals surface area contributed by atoms with Crippen LogP contribution in [-0.2, 0) is 11.2 Å². The Bertz CT molecular complexity index is 346. The highest BCUT2D eigenvalue weighted by Crippen LogP contribution is 2.13. The maximum atomic E-state index is 5.46. The van der Waals surface area contributed by atoms with Gasteiger partial charge in [0.15, 0.2) is 0 Å². The van der Waals surface area contributed by atoms with Gasteiger partial charge in [-0.3, -0.25) is 0 Å². The maximum absolute atomic E-state index is 5.46. The van der Waals surface area contributed by atoms with Crippen LogP contribution in [0.5, 0.6) is 5.75 Å². The summed E-state index contributed by atoms with van der Waals surface area (Å²) in [5.41, 5.74) is 1.33. The Balaban J connectivity index is 1.73. The summed E-state index contributed by atoms with van der Waals surface area (Å²) in [6.07, 6.45) is 4.60. The van der Waals surface area contributed by atoms with Gasteiger partial charge in [0.05, 0.1) is 7.11 Å². The fourth-order valence-electron chi connectivity index (χ4n) is 2.36. The average molecular weight is 249 g/mol.